The van der Waals surface area contributed by atoms with Crippen molar-refractivity contribution in [3.8, 4) is 5.75 Å². The maximum atomic E-state index is 12.0. The highest BCUT2D eigenvalue weighted by Crippen LogP contribution is 2.23. The fourth-order valence-corrected chi connectivity index (χ4v) is 2.56. The van der Waals surface area contributed by atoms with E-state index in [-0.39, 0.29) is 5.91 Å². The summed E-state index contributed by atoms with van der Waals surface area (Å²) in [5.41, 5.74) is 0. The Bertz CT molecular complexity index is 554. The third-order valence-corrected chi connectivity index (χ3v) is 3.78. The number of hydrogen-bond donors (Lipinski definition) is 0. The minimum atomic E-state index is 0.0641. The van der Waals surface area contributed by atoms with Gasteiger partial charge in [0.2, 0.25) is 5.91 Å². The summed E-state index contributed by atoms with van der Waals surface area (Å²) in [7, 11) is 3.41. The summed E-state index contributed by atoms with van der Waals surface area (Å²) in [6.07, 6.45) is 1.61. The van der Waals surface area contributed by atoms with Crippen molar-refractivity contribution in [1.82, 2.24) is 4.90 Å². The minimum Gasteiger partial charge on any atom is -0.497 e. The van der Waals surface area contributed by atoms with E-state index in [1.165, 1.54) is 11.8 Å². The van der Waals surface area contributed by atoms with Gasteiger partial charge in [-0.05, 0) is 30.3 Å². The Morgan fingerprint density at radius 1 is 1.35 bits per heavy atom. The van der Waals surface area contributed by atoms with Crippen molar-refractivity contribution in [2.45, 2.75) is 11.4 Å². The molecule has 1 amide bonds. The highest BCUT2D eigenvalue weighted by atomic mass is 32.2. The van der Waals surface area contributed by atoms with Gasteiger partial charge in [0, 0.05) is 11.9 Å². The van der Waals surface area contributed by atoms with E-state index in [1.54, 1.807) is 25.3 Å². The molecule has 0 fully saturated rings. The summed E-state index contributed by atoms with van der Waals surface area (Å²) in [6, 6.07) is 11.4. The van der Waals surface area contributed by atoms with Gasteiger partial charge in [0.05, 0.1) is 25.7 Å². The predicted molar refractivity (Wildman–Crippen MR) is 78.9 cm³/mol. The Morgan fingerprint density at radius 3 is 2.90 bits per heavy atom. The molecule has 2 rings (SSSR count). The normalized spacial score (nSPS) is 10.3. The molecule has 0 aliphatic heterocycles. The molecule has 5 heteroatoms. The molecule has 2 aromatic rings. The number of thioether (sulfide) groups is 1. The molecule has 0 saturated heterocycles. The smallest absolute Gasteiger partial charge is 0.233 e. The SMILES string of the molecule is COc1cccc(SCC(=O)N(C)Cc2ccco2)c1. The Morgan fingerprint density at radius 2 is 2.20 bits per heavy atom. The number of furan rings is 1. The van der Waals surface area contributed by atoms with Gasteiger partial charge in [0.1, 0.15) is 11.5 Å². The number of hydrogen-bond acceptors (Lipinski definition) is 4. The maximum absolute atomic E-state index is 12.0. The number of nitrogens with zero attached hydrogens (tertiary/aromatic N) is 1. The van der Waals surface area contributed by atoms with Gasteiger partial charge >= 0.3 is 0 Å². The topological polar surface area (TPSA) is 42.7 Å². The molecule has 1 aromatic heterocycles. The zero-order valence-electron chi connectivity index (χ0n) is 11.5. The van der Waals surface area contributed by atoms with Crippen LogP contribution in [-0.4, -0.2) is 30.7 Å². The van der Waals surface area contributed by atoms with Crippen LogP contribution in [0.4, 0.5) is 0 Å². The monoisotopic (exact) mass is 291 g/mol. The van der Waals surface area contributed by atoms with E-state index in [0.717, 1.165) is 16.4 Å². The zero-order chi connectivity index (χ0) is 14.4. The molecule has 0 unspecified atom stereocenters. The lowest BCUT2D eigenvalue weighted by Gasteiger charge is -2.15. The number of rotatable bonds is 6. The molecule has 0 N–H and O–H groups in total. The summed E-state index contributed by atoms with van der Waals surface area (Å²) in [6.45, 7) is 0.491. The summed E-state index contributed by atoms with van der Waals surface area (Å²) >= 11 is 1.50. The highest BCUT2D eigenvalue weighted by molar-refractivity contribution is 8.00. The van der Waals surface area contributed by atoms with E-state index in [1.807, 2.05) is 36.4 Å². The van der Waals surface area contributed by atoms with E-state index in [0.29, 0.717) is 12.3 Å². The van der Waals surface area contributed by atoms with Crippen molar-refractivity contribution in [1.29, 1.82) is 0 Å². The van der Waals surface area contributed by atoms with Crippen LogP contribution in [0.15, 0.2) is 52.0 Å². The number of ether oxygens (including phenoxy) is 1. The number of carbonyl (C=O) groups excluding carboxylic acids is 1. The van der Waals surface area contributed by atoms with Crippen molar-refractivity contribution >= 4 is 17.7 Å². The number of carbonyl (C=O) groups is 1. The first-order valence-corrected chi connectivity index (χ1v) is 7.21. The molecule has 4 nitrogen and oxygen atoms in total. The van der Waals surface area contributed by atoms with Gasteiger partial charge < -0.3 is 14.1 Å². The van der Waals surface area contributed by atoms with Crippen LogP contribution >= 0.6 is 11.8 Å². The van der Waals surface area contributed by atoms with Crippen LogP contribution in [0.3, 0.4) is 0 Å². The highest BCUT2D eigenvalue weighted by Gasteiger charge is 2.11. The number of amides is 1. The van der Waals surface area contributed by atoms with Crippen molar-refractivity contribution < 1.29 is 13.9 Å². The molecule has 1 aromatic carbocycles. The van der Waals surface area contributed by atoms with E-state index >= 15 is 0 Å². The van der Waals surface area contributed by atoms with Gasteiger partial charge in [-0.3, -0.25) is 4.79 Å². The van der Waals surface area contributed by atoms with E-state index in [9.17, 15) is 4.79 Å². The lowest BCUT2D eigenvalue weighted by molar-refractivity contribution is -0.127. The molecule has 0 atom stereocenters. The third-order valence-electron chi connectivity index (χ3n) is 2.80. The number of methoxy groups -OCH3 is 1. The van der Waals surface area contributed by atoms with Crippen LogP contribution in [0.5, 0.6) is 5.75 Å². The zero-order valence-corrected chi connectivity index (χ0v) is 12.4. The molecule has 0 aliphatic carbocycles. The second-order valence-corrected chi connectivity index (χ2v) is 5.35. The average Bonchev–Trinajstić information content (AvgIpc) is 2.97. The standard InChI is InChI=1S/C15H17NO3S/c1-16(10-13-6-4-8-19-13)15(17)11-20-14-7-3-5-12(9-14)18-2/h3-9H,10-11H2,1-2H3. The maximum Gasteiger partial charge on any atom is 0.233 e. The Labute approximate surface area is 122 Å². The molecule has 0 bridgehead atoms. The lowest BCUT2D eigenvalue weighted by Crippen LogP contribution is -2.27. The van der Waals surface area contributed by atoms with Gasteiger partial charge in [-0.15, -0.1) is 11.8 Å². The summed E-state index contributed by atoms with van der Waals surface area (Å²) in [5.74, 6) is 2.04. The predicted octanol–water partition coefficient (Wildman–Crippen LogP) is 3.04. The molecular formula is C15H17NO3S. The van der Waals surface area contributed by atoms with E-state index in [2.05, 4.69) is 0 Å². The average molecular weight is 291 g/mol. The molecule has 0 saturated carbocycles. The molecule has 106 valence electrons. The van der Waals surface area contributed by atoms with Gasteiger partial charge in [0.15, 0.2) is 0 Å². The second-order valence-electron chi connectivity index (χ2n) is 4.30. The van der Waals surface area contributed by atoms with Crippen molar-refractivity contribution in [3.05, 3.63) is 48.4 Å². The molecule has 0 aliphatic rings. The van der Waals surface area contributed by atoms with Crippen molar-refractivity contribution in [2.75, 3.05) is 19.9 Å². The quantitative estimate of drug-likeness (QED) is 0.767. The lowest BCUT2D eigenvalue weighted by atomic mass is 10.3. The van der Waals surface area contributed by atoms with Crippen LogP contribution in [0.25, 0.3) is 0 Å². The van der Waals surface area contributed by atoms with Crippen LogP contribution in [-0.2, 0) is 11.3 Å². The van der Waals surface area contributed by atoms with E-state index in [4.69, 9.17) is 9.15 Å². The fourth-order valence-electron chi connectivity index (χ4n) is 1.67. The van der Waals surface area contributed by atoms with Crippen LogP contribution in [0.2, 0.25) is 0 Å². The summed E-state index contributed by atoms with van der Waals surface area (Å²) in [5, 5.41) is 0. The van der Waals surface area contributed by atoms with Gasteiger partial charge in [-0.2, -0.15) is 0 Å². The van der Waals surface area contributed by atoms with Crippen LogP contribution < -0.4 is 4.74 Å². The van der Waals surface area contributed by atoms with Gasteiger partial charge in [0.25, 0.3) is 0 Å². The Hall–Kier alpha value is -1.88. The van der Waals surface area contributed by atoms with E-state index < -0.39 is 0 Å². The second kappa shape index (κ2) is 7.05. The number of benzene rings is 1. The minimum absolute atomic E-state index is 0.0641. The summed E-state index contributed by atoms with van der Waals surface area (Å²) in [4.78, 5) is 14.7. The largest absolute Gasteiger partial charge is 0.497 e. The first-order chi connectivity index (χ1) is 9.69. The molecular weight excluding hydrogens is 274 g/mol. The third kappa shape index (κ3) is 4.06. The molecule has 1 heterocycles. The van der Waals surface area contributed by atoms with Crippen LogP contribution in [0.1, 0.15) is 5.76 Å². The van der Waals surface area contributed by atoms with Crippen LogP contribution in [0, 0.1) is 0 Å². The summed E-state index contributed by atoms with van der Waals surface area (Å²) < 4.78 is 10.4. The van der Waals surface area contributed by atoms with Gasteiger partial charge in [-0.25, -0.2) is 0 Å². The first kappa shape index (κ1) is 14.5. The molecule has 20 heavy (non-hydrogen) atoms. The first-order valence-electron chi connectivity index (χ1n) is 6.22. The van der Waals surface area contributed by atoms with Gasteiger partial charge in [-0.1, -0.05) is 6.07 Å². The van der Waals surface area contributed by atoms with Crippen molar-refractivity contribution in [3.63, 3.8) is 0 Å². The fraction of sp³-hybridized carbons (Fsp3) is 0.267. The Kier molecular flexibility index (Phi) is 5.12. The molecule has 0 spiro atoms. The van der Waals surface area contributed by atoms with Crippen molar-refractivity contribution in [2.24, 2.45) is 0 Å². The molecule has 0 radical (unpaired) electrons. The Balaban J connectivity index is 1.84.